The Morgan fingerprint density at radius 3 is 2.29 bits per heavy atom. The molecule has 2 aromatic heterocycles. The number of ether oxygens (including phenoxy) is 1. The van der Waals surface area contributed by atoms with Gasteiger partial charge >= 0.3 is 5.63 Å². The molecule has 4 fully saturated rings. The van der Waals surface area contributed by atoms with Crippen LogP contribution in [-0.2, 0) is 38.5 Å². The molecule has 6 rings (SSSR count). The molecule has 11 atom stereocenters. The van der Waals surface area contributed by atoms with Crippen LogP contribution in [0.3, 0.4) is 0 Å². The number of nitrogens with one attached hydrogen (secondary N) is 4. The SMILES string of the molecule is CCCN(CCC)CCCC[C@H](NC(=O)[C@@H](NC(=O)CCCC#Cc1cnc(S(C)(=O)=O)nc1)C(C)C)C(=O)NCC(=O)NCO[C@H]1CC[C@@]2(C)[C@H](CC[C@@H]3[C@@H]2[C@H](O)C(=O)[C@]2(C)[C@@H](c4ccc(=O)oc4)CC[C@]32O)C1. The smallest absolute Gasteiger partial charge is 0.335 e. The maximum Gasteiger partial charge on any atom is 0.335 e. The number of Topliss-reactive ketones (excluding diaryl/α,β-unsaturated/α-hetero) is 1. The van der Waals surface area contributed by atoms with Crippen molar-refractivity contribution >= 4 is 39.2 Å². The third-order valence-electron chi connectivity index (χ3n) is 16.9. The van der Waals surface area contributed by atoms with E-state index >= 15 is 0 Å². The highest BCUT2D eigenvalue weighted by Crippen LogP contribution is 2.69. The van der Waals surface area contributed by atoms with Crippen LogP contribution in [0.4, 0.5) is 0 Å². The van der Waals surface area contributed by atoms with Gasteiger partial charge in [0.2, 0.25) is 38.6 Å². The molecule has 4 saturated carbocycles. The van der Waals surface area contributed by atoms with Crippen LogP contribution in [0.2, 0.25) is 0 Å². The standard InChI is InChI=1S/C55H81N7O12S/c1-8-26-62(27-9-2)28-14-13-16-42(60-51(69)47(35(3)4)61-43(63)17-12-10-11-15-36-30-57-52(58-31-36)75(7,71)72)50(68)56-32-44(64)59-34-74-39-22-24-53(5)38(29-39)19-20-41-46(53)48(66)49(67)54(6)40(23-25-55(41,54)70)37-18-21-45(65)73-33-37/h18,21,30-31,33,35,38-42,46-48,66,70H,8-10,12-14,16-17,19-20,22-29,32,34H2,1-7H3,(H,56,68)(H,59,64)(H,60,69)(H,61,63)/t38-,39+,40-,41-,42+,46-,47+,48+,53+,54+,55+/m1/s1. The summed E-state index contributed by atoms with van der Waals surface area (Å²) >= 11 is 0. The average molecular weight is 1060 g/mol. The van der Waals surface area contributed by atoms with E-state index in [9.17, 15) is 47.4 Å². The van der Waals surface area contributed by atoms with E-state index in [-0.39, 0.29) is 60.4 Å². The van der Waals surface area contributed by atoms with Gasteiger partial charge in [-0.1, -0.05) is 46.5 Å². The number of aliphatic hydroxyl groups excluding tert-OH is 1. The lowest BCUT2D eigenvalue weighted by Gasteiger charge is -2.64. The minimum absolute atomic E-state index is 0.0868. The van der Waals surface area contributed by atoms with Crippen molar-refractivity contribution in [1.29, 1.82) is 0 Å². The second-order valence-corrected chi connectivity index (χ2v) is 24.1. The van der Waals surface area contributed by atoms with Crippen LogP contribution in [0.5, 0.6) is 0 Å². The lowest BCUT2D eigenvalue weighted by molar-refractivity contribution is -0.229. The lowest BCUT2D eigenvalue weighted by atomic mass is 9.42. The number of ketones is 1. The predicted molar refractivity (Wildman–Crippen MR) is 279 cm³/mol. The molecule has 19 nitrogen and oxygen atoms in total. The minimum Gasteiger partial charge on any atom is -0.431 e. The van der Waals surface area contributed by atoms with Gasteiger partial charge in [0, 0.05) is 49.4 Å². The van der Waals surface area contributed by atoms with Crippen LogP contribution in [0.25, 0.3) is 0 Å². The molecule has 0 aliphatic heterocycles. The average Bonchev–Trinajstić information content (AvgIpc) is 3.65. The number of hydrogen-bond donors (Lipinski definition) is 6. The fourth-order valence-corrected chi connectivity index (χ4v) is 13.4. The van der Waals surface area contributed by atoms with Gasteiger partial charge in [0.25, 0.3) is 0 Å². The zero-order chi connectivity index (χ0) is 54.7. The molecule has 20 heteroatoms. The number of unbranched alkanes of at least 4 members (excludes halogenated alkanes) is 2. The third-order valence-corrected chi connectivity index (χ3v) is 17.8. The Morgan fingerprint density at radius 1 is 0.920 bits per heavy atom. The molecular formula is C55H81N7O12S. The molecule has 4 aliphatic carbocycles. The summed E-state index contributed by atoms with van der Waals surface area (Å²) in [5, 5.41) is 35.3. The normalized spacial score (nSPS) is 28.0. The second-order valence-electron chi connectivity index (χ2n) is 22.2. The van der Waals surface area contributed by atoms with Crippen molar-refractivity contribution in [3.63, 3.8) is 0 Å². The number of rotatable bonds is 24. The zero-order valence-corrected chi connectivity index (χ0v) is 45.8. The van der Waals surface area contributed by atoms with Crippen molar-refractivity contribution in [2.75, 3.05) is 39.2 Å². The van der Waals surface area contributed by atoms with Gasteiger partial charge in [0.15, 0.2) is 5.78 Å². The van der Waals surface area contributed by atoms with Gasteiger partial charge < -0.3 is 45.5 Å². The number of aliphatic hydroxyl groups is 2. The fraction of sp³-hybridized carbons (Fsp3) is 0.709. The van der Waals surface area contributed by atoms with Crippen molar-refractivity contribution in [2.45, 2.75) is 179 Å². The molecule has 0 aromatic carbocycles. The van der Waals surface area contributed by atoms with Crippen LogP contribution in [0.15, 0.2) is 45.2 Å². The highest BCUT2D eigenvalue weighted by molar-refractivity contribution is 7.90. The van der Waals surface area contributed by atoms with E-state index in [2.05, 4.69) is 68.7 Å². The van der Waals surface area contributed by atoms with Gasteiger partial charge in [-0.15, -0.1) is 0 Å². The summed E-state index contributed by atoms with van der Waals surface area (Å²) in [5.74, 6) is 2.17. The molecule has 0 saturated heterocycles. The first-order valence-corrected chi connectivity index (χ1v) is 29.0. The molecule has 2 heterocycles. The van der Waals surface area contributed by atoms with Gasteiger partial charge in [-0.3, -0.25) is 24.0 Å². The Bertz CT molecular complexity index is 2540. The van der Waals surface area contributed by atoms with E-state index in [0.29, 0.717) is 75.3 Å². The Hall–Kier alpha value is -5.07. The van der Waals surface area contributed by atoms with Crippen LogP contribution in [0.1, 0.15) is 155 Å². The van der Waals surface area contributed by atoms with Crippen LogP contribution in [-0.4, -0.2) is 132 Å². The summed E-state index contributed by atoms with van der Waals surface area (Å²) in [7, 11) is -3.54. The van der Waals surface area contributed by atoms with E-state index in [4.69, 9.17) is 9.15 Å². The maximum absolute atomic E-state index is 14.4. The summed E-state index contributed by atoms with van der Waals surface area (Å²) in [6, 6.07) is 1.06. The summed E-state index contributed by atoms with van der Waals surface area (Å²) in [6.45, 7) is 14.1. The first kappa shape index (κ1) is 59.2. The number of fused-ring (bicyclic) bond motifs is 5. The topological polar surface area (TPSA) is 277 Å². The molecule has 0 unspecified atom stereocenters. The third kappa shape index (κ3) is 13.9. The molecule has 4 aliphatic rings. The second kappa shape index (κ2) is 25.8. The van der Waals surface area contributed by atoms with Crippen molar-refractivity contribution < 1.29 is 51.8 Å². The molecule has 4 amide bonds. The largest absolute Gasteiger partial charge is 0.431 e. The summed E-state index contributed by atoms with van der Waals surface area (Å²) < 4.78 is 34.6. The molecule has 2 aromatic rings. The van der Waals surface area contributed by atoms with E-state index in [1.807, 2.05) is 0 Å². The van der Waals surface area contributed by atoms with Crippen LogP contribution < -0.4 is 26.9 Å². The predicted octanol–water partition coefficient (Wildman–Crippen LogP) is 3.94. The van der Waals surface area contributed by atoms with Crippen molar-refractivity contribution in [3.8, 4) is 11.8 Å². The van der Waals surface area contributed by atoms with Gasteiger partial charge in [0.05, 0.1) is 35.5 Å². The van der Waals surface area contributed by atoms with Crippen LogP contribution >= 0.6 is 0 Å². The van der Waals surface area contributed by atoms with E-state index in [1.54, 1.807) is 26.8 Å². The molecule has 6 N–H and O–H groups in total. The summed E-state index contributed by atoms with van der Waals surface area (Å²) in [4.78, 5) is 89.9. The Balaban J connectivity index is 0.987. The Kier molecular flexibility index (Phi) is 20.4. The molecule has 0 radical (unpaired) electrons. The van der Waals surface area contributed by atoms with Crippen molar-refractivity contribution in [2.24, 2.45) is 34.5 Å². The number of carbonyl (C=O) groups is 5. The van der Waals surface area contributed by atoms with Crippen molar-refractivity contribution in [3.05, 3.63) is 52.3 Å². The maximum atomic E-state index is 14.4. The van der Waals surface area contributed by atoms with Gasteiger partial charge in [-0.05, 0) is 145 Å². The summed E-state index contributed by atoms with van der Waals surface area (Å²) in [6.07, 6.45) is 12.4. The molecule has 414 valence electrons. The van der Waals surface area contributed by atoms with Gasteiger partial charge in [-0.25, -0.2) is 23.2 Å². The monoisotopic (exact) mass is 1060 g/mol. The number of amides is 4. The molecule has 75 heavy (non-hydrogen) atoms. The lowest BCUT2D eigenvalue weighted by Crippen LogP contribution is -2.70. The van der Waals surface area contributed by atoms with E-state index in [1.165, 1.54) is 24.7 Å². The highest BCUT2D eigenvalue weighted by Gasteiger charge is 2.73. The van der Waals surface area contributed by atoms with Crippen molar-refractivity contribution in [1.82, 2.24) is 36.1 Å². The molecule has 0 spiro atoms. The number of aromatic nitrogens is 2. The first-order chi connectivity index (χ1) is 35.6. The van der Waals surface area contributed by atoms with Crippen LogP contribution in [0, 0.1) is 46.3 Å². The number of hydrogen-bond acceptors (Lipinski definition) is 15. The summed E-state index contributed by atoms with van der Waals surface area (Å²) in [5.41, 5.74) is -2.42. The Labute approximate surface area is 442 Å². The quantitative estimate of drug-likeness (QED) is 0.0376. The van der Waals surface area contributed by atoms with Gasteiger partial charge in [-0.2, -0.15) is 0 Å². The number of carbonyl (C=O) groups excluding carboxylic acids is 5. The number of sulfone groups is 1. The van der Waals surface area contributed by atoms with E-state index in [0.717, 1.165) is 51.6 Å². The first-order valence-electron chi connectivity index (χ1n) is 27.1. The fourth-order valence-electron chi connectivity index (χ4n) is 12.9. The minimum atomic E-state index is -3.54. The number of nitrogens with zero attached hydrogens (tertiary/aromatic N) is 3. The van der Waals surface area contributed by atoms with E-state index < -0.39 is 79.6 Å². The Morgan fingerprint density at radius 2 is 1.64 bits per heavy atom. The van der Waals surface area contributed by atoms with Gasteiger partial charge in [0.1, 0.15) is 24.9 Å². The molecular weight excluding hydrogens is 983 g/mol. The molecule has 0 bridgehead atoms. The highest BCUT2D eigenvalue weighted by atomic mass is 32.2. The zero-order valence-electron chi connectivity index (χ0n) is 45.0.